The molecule has 156 valence electrons. The van der Waals surface area contributed by atoms with Gasteiger partial charge in [-0.3, -0.25) is 4.57 Å². The number of benzene rings is 2. The summed E-state index contributed by atoms with van der Waals surface area (Å²) >= 11 is 0. The van der Waals surface area contributed by atoms with Crippen molar-refractivity contribution < 1.29 is 27.7 Å². The van der Waals surface area contributed by atoms with Gasteiger partial charge in [-0.05, 0) is 56.9 Å². The molecule has 0 aromatic heterocycles. The highest BCUT2D eigenvalue weighted by atomic mass is 31.2. The first-order valence-electron chi connectivity index (χ1n) is 9.50. The van der Waals surface area contributed by atoms with Crippen LogP contribution < -0.4 is 15.5 Å². The summed E-state index contributed by atoms with van der Waals surface area (Å²) in [7, 11) is -1.39. The van der Waals surface area contributed by atoms with Crippen molar-refractivity contribution in [2.24, 2.45) is 0 Å². The van der Waals surface area contributed by atoms with E-state index in [9.17, 15) is 4.57 Å². The van der Waals surface area contributed by atoms with Gasteiger partial charge < -0.3 is 23.1 Å². The predicted molar refractivity (Wildman–Crippen MR) is 114 cm³/mol. The summed E-state index contributed by atoms with van der Waals surface area (Å²) < 4.78 is 41.7. The summed E-state index contributed by atoms with van der Waals surface area (Å²) in [5.41, 5.74) is 0.728. The van der Waals surface area contributed by atoms with Crippen LogP contribution in [-0.4, -0.2) is 32.5 Å². The van der Waals surface area contributed by atoms with Crippen molar-refractivity contribution in [1.29, 1.82) is 0 Å². The highest BCUT2D eigenvalue weighted by Gasteiger charge is 2.52. The van der Waals surface area contributed by atoms with Crippen molar-refractivity contribution in [3.05, 3.63) is 54.1 Å². The highest BCUT2D eigenvalue weighted by Crippen LogP contribution is 2.45. The summed E-state index contributed by atoms with van der Waals surface area (Å²) in [4.78, 5) is 0. The Morgan fingerprint density at radius 2 is 1.52 bits per heavy atom. The molecule has 0 amide bonds. The minimum atomic E-state index is -3.48. The van der Waals surface area contributed by atoms with Crippen LogP contribution in [0.1, 0.15) is 33.3 Å². The average Bonchev–Trinajstić information content (AvgIpc) is 2.93. The molecule has 2 aromatic rings. The quantitative estimate of drug-likeness (QED) is 0.505. The molecule has 1 aliphatic heterocycles. The maximum absolute atomic E-state index is 13.0. The molecule has 0 saturated carbocycles. The van der Waals surface area contributed by atoms with Gasteiger partial charge in [0.25, 0.3) is 0 Å². The van der Waals surface area contributed by atoms with Crippen molar-refractivity contribution in [2.75, 3.05) is 14.2 Å². The van der Waals surface area contributed by atoms with Crippen LogP contribution in [0.5, 0.6) is 5.75 Å². The van der Waals surface area contributed by atoms with Gasteiger partial charge in [0.1, 0.15) is 12.4 Å². The molecule has 0 aliphatic carbocycles. The van der Waals surface area contributed by atoms with Crippen LogP contribution in [0, 0.1) is 0 Å². The van der Waals surface area contributed by atoms with Crippen LogP contribution in [0.2, 0.25) is 0 Å². The molecular weight excluding hydrogens is 390 g/mol. The zero-order valence-corrected chi connectivity index (χ0v) is 18.7. The normalized spacial score (nSPS) is 18.1. The molecule has 6 nitrogen and oxygen atoms in total. The van der Waals surface area contributed by atoms with Gasteiger partial charge in [0.05, 0.1) is 16.5 Å². The Balaban J connectivity index is 1.96. The molecule has 8 heteroatoms. The third kappa shape index (κ3) is 4.60. The van der Waals surface area contributed by atoms with Crippen LogP contribution in [0.4, 0.5) is 0 Å². The van der Waals surface area contributed by atoms with E-state index in [4.69, 9.17) is 23.1 Å². The predicted octanol–water partition coefficient (Wildman–Crippen LogP) is 3.68. The zero-order chi connectivity index (χ0) is 21.3. The van der Waals surface area contributed by atoms with Gasteiger partial charge in [-0.1, -0.05) is 30.3 Å². The maximum atomic E-state index is 13.0. The van der Waals surface area contributed by atoms with Crippen LogP contribution in [-0.2, 0) is 29.5 Å². The molecule has 0 radical (unpaired) electrons. The van der Waals surface area contributed by atoms with E-state index in [-0.39, 0.29) is 0 Å². The Morgan fingerprint density at radius 3 is 2.07 bits per heavy atom. The Labute approximate surface area is 173 Å². The minimum absolute atomic E-state index is 0.372. The highest BCUT2D eigenvalue weighted by molar-refractivity contribution is 7.62. The van der Waals surface area contributed by atoms with Crippen molar-refractivity contribution in [3.8, 4) is 5.75 Å². The molecule has 2 aromatic carbocycles. The van der Waals surface area contributed by atoms with Crippen LogP contribution in [0.15, 0.2) is 48.5 Å². The van der Waals surface area contributed by atoms with Crippen LogP contribution in [0.25, 0.3) is 0 Å². The Hall–Kier alpha value is -1.63. The van der Waals surface area contributed by atoms with E-state index in [0.29, 0.717) is 23.1 Å². The summed E-state index contributed by atoms with van der Waals surface area (Å²) in [5.74, 6) is 0.533. The second-order valence-corrected chi connectivity index (χ2v) is 10.2. The van der Waals surface area contributed by atoms with E-state index in [2.05, 4.69) is 0 Å². The first-order valence-corrected chi connectivity index (χ1v) is 11.0. The number of hydrogen-bond donors (Lipinski definition) is 0. The van der Waals surface area contributed by atoms with Crippen molar-refractivity contribution in [1.82, 2.24) is 0 Å². The van der Waals surface area contributed by atoms with Gasteiger partial charge >= 0.3 is 14.7 Å². The SMILES string of the molecule is COP(=O)(OC)c1cc(OCc2ccccc2)cc(B2OC(C)(C)C(C)(C)O2)c1. The second-order valence-electron chi connectivity index (χ2n) is 7.99. The Bertz CT molecular complexity index is 875. The van der Waals surface area contributed by atoms with Gasteiger partial charge in [0, 0.05) is 14.2 Å². The summed E-state index contributed by atoms with van der Waals surface area (Å²) in [5, 5.41) is 0.387. The molecule has 3 rings (SSSR count). The first-order chi connectivity index (χ1) is 13.6. The fraction of sp³-hybridized carbons (Fsp3) is 0.429. The van der Waals surface area contributed by atoms with E-state index < -0.39 is 25.9 Å². The fourth-order valence-electron chi connectivity index (χ4n) is 2.99. The third-order valence-corrected chi connectivity index (χ3v) is 7.34. The molecule has 1 saturated heterocycles. The largest absolute Gasteiger partial charge is 0.494 e. The van der Waals surface area contributed by atoms with Crippen molar-refractivity contribution in [3.63, 3.8) is 0 Å². The number of rotatable bonds is 7. The van der Waals surface area contributed by atoms with E-state index in [1.807, 2.05) is 64.1 Å². The lowest BCUT2D eigenvalue weighted by atomic mass is 9.79. The molecule has 0 spiro atoms. The molecule has 0 unspecified atom stereocenters. The standard InChI is InChI=1S/C21H28BO6P/c1-20(2)21(3,4)28-22(27-20)17-12-18(26-15-16-10-8-7-9-11-16)14-19(13-17)29(23,24-5)25-6/h7-14H,15H2,1-6H3. The van der Waals surface area contributed by atoms with E-state index >= 15 is 0 Å². The van der Waals surface area contributed by atoms with Crippen molar-refractivity contribution >= 4 is 25.5 Å². The monoisotopic (exact) mass is 418 g/mol. The smallest absolute Gasteiger partial charge is 0.489 e. The molecule has 29 heavy (non-hydrogen) atoms. The summed E-state index contributed by atoms with van der Waals surface area (Å²) in [6.07, 6.45) is 0. The van der Waals surface area contributed by atoms with Crippen molar-refractivity contribution in [2.45, 2.75) is 45.5 Å². The fourth-order valence-corrected chi connectivity index (χ4v) is 4.15. The minimum Gasteiger partial charge on any atom is -0.489 e. The summed E-state index contributed by atoms with van der Waals surface area (Å²) in [6, 6.07) is 15.1. The lowest BCUT2D eigenvalue weighted by Gasteiger charge is -2.32. The maximum Gasteiger partial charge on any atom is 0.494 e. The summed E-state index contributed by atoms with van der Waals surface area (Å²) in [6.45, 7) is 8.31. The first kappa shape index (κ1) is 22.1. The zero-order valence-electron chi connectivity index (χ0n) is 17.8. The van der Waals surface area contributed by atoms with Gasteiger partial charge in [0.15, 0.2) is 0 Å². The second kappa shape index (κ2) is 8.25. The number of hydrogen-bond acceptors (Lipinski definition) is 6. The lowest BCUT2D eigenvalue weighted by Crippen LogP contribution is -2.41. The third-order valence-electron chi connectivity index (χ3n) is 5.48. The molecule has 1 fully saturated rings. The van der Waals surface area contributed by atoms with Gasteiger partial charge in [-0.2, -0.15) is 0 Å². The lowest BCUT2D eigenvalue weighted by molar-refractivity contribution is 0.00578. The van der Waals surface area contributed by atoms with E-state index in [1.54, 1.807) is 12.1 Å². The van der Waals surface area contributed by atoms with Crippen LogP contribution >= 0.6 is 7.60 Å². The average molecular weight is 418 g/mol. The Morgan fingerprint density at radius 1 is 0.931 bits per heavy atom. The van der Waals surface area contributed by atoms with Gasteiger partial charge in [-0.15, -0.1) is 0 Å². The Kier molecular flexibility index (Phi) is 6.28. The van der Waals surface area contributed by atoms with Gasteiger partial charge in [0.2, 0.25) is 0 Å². The van der Waals surface area contributed by atoms with E-state index in [0.717, 1.165) is 5.56 Å². The molecule has 1 aliphatic rings. The number of ether oxygens (including phenoxy) is 1. The van der Waals surface area contributed by atoms with E-state index in [1.165, 1.54) is 14.2 Å². The molecule has 0 N–H and O–H groups in total. The topological polar surface area (TPSA) is 63.2 Å². The molecular formula is C21H28BO6P. The molecule has 0 bridgehead atoms. The van der Waals surface area contributed by atoms with Crippen LogP contribution in [0.3, 0.4) is 0 Å². The van der Waals surface area contributed by atoms with Gasteiger partial charge in [-0.25, -0.2) is 0 Å². The molecule has 0 atom stereocenters. The molecule has 1 heterocycles.